The Morgan fingerprint density at radius 3 is 2.58 bits per heavy atom. The van der Waals surface area contributed by atoms with Crippen LogP contribution in [0.4, 0.5) is 0 Å². The minimum Gasteiger partial charge on any atom is -0.479 e. The summed E-state index contributed by atoms with van der Waals surface area (Å²) in [5, 5.41) is 12.4. The number of carboxylic acids is 1. The quantitative estimate of drug-likeness (QED) is 0.815. The van der Waals surface area contributed by atoms with Gasteiger partial charge in [0.1, 0.15) is 5.54 Å². The van der Waals surface area contributed by atoms with E-state index >= 15 is 0 Å². The summed E-state index contributed by atoms with van der Waals surface area (Å²) in [4.78, 5) is 23.9. The van der Waals surface area contributed by atoms with E-state index in [-0.39, 0.29) is 23.8 Å². The number of nitrogens with one attached hydrogen (secondary N) is 1. The number of hydrogen-bond acceptors (Lipinski definition) is 3. The zero-order valence-corrected chi connectivity index (χ0v) is 11.6. The van der Waals surface area contributed by atoms with E-state index in [1.54, 1.807) is 0 Å². The lowest BCUT2D eigenvalue weighted by Crippen LogP contribution is -2.61. The molecule has 1 aliphatic carbocycles. The minimum absolute atomic E-state index is 0.0255. The molecule has 19 heavy (non-hydrogen) atoms. The van der Waals surface area contributed by atoms with Crippen LogP contribution >= 0.6 is 0 Å². The van der Waals surface area contributed by atoms with E-state index in [9.17, 15) is 14.7 Å². The highest BCUT2D eigenvalue weighted by Crippen LogP contribution is 2.34. The molecule has 4 atom stereocenters. The fraction of sp³-hybridized carbons (Fsp3) is 0.857. The van der Waals surface area contributed by atoms with E-state index in [0.717, 1.165) is 19.3 Å². The molecular formula is C14H23NO4. The van der Waals surface area contributed by atoms with E-state index < -0.39 is 11.5 Å². The van der Waals surface area contributed by atoms with E-state index in [1.807, 2.05) is 13.8 Å². The van der Waals surface area contributed by atoms with Crippen LogP contribution in [0.15, 0.2) is 0 Å². The normalized spacial score (nSPS) is 38.9. The number of carbonyl (C=O) groups is 2. The highest BCUT2D eigenvalue weighted by molar-refractivity contribution is 5.88. The van der Waals surface area contributed by atoms with Gasteiger partial charge in [0.15, 0.2) is 0 Å². The average molecular weight is 269 g/mol. The number of rotatable bonds is 3. The van der Waals surface area contributed by atoms with Gasteiger partial charge in [0.25, 0.3) is 0 Å². The van der Waals surface area contributed by atoms with Crippen LogP contribution in [-0.2, 0) is 14.3 Å². The molecule has 0 aromatic rings. The van der Waals surface area contributed by atoms with Crippen LogP contribution in [0.25, 0.3) is 0 Å². The van der Waals surface area contributed by atoms with Crippen molar-refractivity contribution in [3.8, 4) is 0 Å². The first kappa shape index (κ1) is 14.3. The molecule has 2 aliphatic rings. The summed E-state index contributed by atoms with van der Waals surface area (Å²) in [5.74, 6) is -1.30. The maximum atomic E-state index is 12.3. The number of ether oxygens (including phenoxy) is 1. The van der Waals surface area contributed by atoms with Gasteiger partial charge >= 0.3 is 5.97 Å². The van der Waals surface area contributed by atoms with Gasteiger partial charge in [-0.2, -0.15) is 0 Å². The number of hydrogen-bond donors (Lipinski definition) is 2. The Labute approximate surface area is 113 Å². The van der Waals surface area contributed by atoms with Gasteiger partial charge in [-0.1, -0.05) is 19.8 Å². The Morgan fingerprint density at radius 2 is 2.05 bits per heavy atom. The number of carbonyl (C=O) groups excluding carboxylic acids is 1. The third-order valence-corrected chi connectivity index (χ3v) is 4.60. The smallest absolute Gasteiger partial charge is 0.329 e. The summed E-state index contributed by atoms with van der Waals surface area (Å²) in [6.07, 6.45) is 4.03. The third-order valence-electron chi connectivity index (χ3n) is 4.60. The van der Waals surface area contributed by atoms with Crippen LogP contribution in [0.3, 0.4) is 0 Å². The van der Waals surface area contributed by atoms with Crippen LogP contribution in [0, 0.1) is 11.8 Å². The molecule has 1 saturated carbocycles. The molecule has 2 N–H and O–H groups in total. The van der Waals surface area contributed by atoms with E-state index in [2.05, 4.69) is 5.32 Å². The van der Waals surface area contributed by atoms with Crippen molar-refractivity contribution in [1.29, 1.82) is 0 Å². The van der Waals surface area contributed by atoms with Crippen molar-refractivity contribution in [2.75, 3.05) is 6.61 Å². The first-order chi connectivity index (χ1) is 8.95. The zero-order valence-electron chi connectivity index (χ0n) is 11.6. The monoisotopic (exact) mass is 269 g/mol. The van der Waals surface area contributed by atoms with E-state index in [0.29, 0.717) is 19.4 Å². The van der Waals surface area contributed by atoms with Crippen molar-refractivity contribution in [3.05, 3.63) is 0 Å². The van der Waals surface area contributed by atoms with Gasteiger partial charge in [0.2, 0.25) is 5.91 Å². The molecule has 0 bridgehead atoms. The maximum Gasteiger partial charge on any atom is 0.329 e. The fourth-order valence-electron chi connectivity index (χ4n) is 3.23. The van der Waals surface area contributed by atoms with Crippen LogP contribution in [-0.4, -0.2) is 35.2 Å². The van der Waals surface area contributed by atoms with Gasteiger partial charge in [0, 0.05) is 0 Å². The largest absolute Gasteiger partial charge is 0.479 e. The maximum absolute atomic E-state index is 12.3. The van der Waals surface area contributed by atoms with Gasteiger partial charge < -0.3 is 15.2 Å². The second-order valence-corrected chi connectivity index (χ2v) is 5.99. The molecule has 5 heteroatoms. The molecule has 1 aliphatic heterocycles. The van der Waals surface area contributed by atoms with Crippen molar-refractivity contribution in [2.24, 2.45) is 11.8 Å². The first-order valence-electron chi connectivity index (χ1n) is 7.12. The Bertz CT molecular complexity index is 370. The highest BCUT2D eigenvalue weighted by atomic mass is 16.5. The van der Waals surface area contributed by atoms with Gasteiger partial charge in [-0.05, 0) is 32.1 Å². The van der Waals surface area contributed by atoms with Gasteiger partial charge in [0.05, 0.1) is 18.6 Å². The Balaban J connectivity index is 2.08. The Kier molecular flexibility index (Phi) is 4.13. The van der Waals surface area contributed by atoms with Gasteiger partial charge in [-0.3, -0.25) is 4.79 Å². The van der Waals surface area contributed by atoms with E-state index in [1.165, 1.54) is 0 Å². The van der Waals surface area contributed by atoms with Crippen LogP contribution in [0.2, 0.25) is 0 Å². The second kappa shape index (κ2) is 5.49. The fourth-order valence-corrected chi connectivity index (χ4v) is 3.23. The molecule has 108 valence electrons. The standard InChI is InChI=1S/C14H23NO4/c1-9-5-3-4-6-14(9,13(17)18)15-12(16)11-7-10(2)19-8-11/h9-11H,3-8H2,1-2H3,(H,15,16)(H,17,18). The lowest BCUT2D eigenvalue weighted by molar-refractivity contribution is -0.152. The Morgan fingerprint density at radius 1 is 1.32 bits per heavy atom. The van der Waals surface area contributed by atoms with Crippen molar-refractivity contribution in [2.45, 2.75) is 57.6 Å². The summed E-state index contributed by atoms with van der Waals surface area (Å²) in [6, 6.07) is 0. The van der Waals surface area contributed by atoms with Crippen LogP contribution < -0.4 is 5.32 Å². The average Bonchev–Trinajstić information content (AvgIpc) is 2.78. The predicted molar refractivity (Wildman–Crippen MR) is 69.7 cm³/mol. The molecule has 0 aromatic heterocycles. The molecule has 0 spiro atoms. The van der Waals surface area contributed by atoms with Crippen LogP contribution in [0.1, 0.15) is 46.0 Å². The summed E-state index contributed by atoms with van der Waals surface area (Å²) in [6.45, 7) is 4.25. The van der Waals surface area contributed by atoms with Crippen molar-refractivity contribution in [1.82, 2.24) is 5.32 Å². The lowest BCUT2D eigenvalue weighted by Gasteiger charge is -2.40. The van der Waals surface area contributed by atoms with Gasteiger partial charge in [-0.25, -0.2) is 4.79 Å². The molecule has 2 fully saturated rings. The predicted octanol–water partition coefficient (Wildman–Crippen LogP) is 1.56. The molecule has 2 rings (SSSR count). The minimum atomic E-state index is -1.08. The summed E-state index contributed by atoms with van der Waals surface area (Å²) in [7, 11) is 0. The van der Waals surface area contributed by atoms with Crippen molar-refractivity contribution in [3.63, 3.8) is 0 Å². The SMILES string of the molecule is CC1CC(C(=O)NC2(C(=O)O)CCCCC2C)CO1. The summed E-state index contributed by atoms with van der Waals surface area (Å²) >= 11 is 0. The number of carboxylic acid groups (broad SMARTS) is 1. The summed E-state index contributed by atoms with van der Waals surface area (Å²) in [5.41, 5.74) is -1.08. The molecule has 1 amide bonds. The topological polar surface area (TPSA) is 75.6 Å². The molecule has 1 saturated heterocycles. The van der Waals surface area contributed by atoms with Crippen LogP contribution in [0.5, 0.6) is 0 Å². The molecule has 0 radical (unpaired) electrons. The molecular weight excluding hydrogens is 246 g/mol. The van der Waals surface area contributed by atoms with Crippen molar-refractivity contribution >= 4 is 11.9 Å². The summed E-state index contributed by atoms with van der Waals surface area (Å²) < 4.78 is 5.39. The first-order valence-corrected chi connectivity index (χ1v) is 7.12. The molecule has 5 nitrogen and oxygen atoms in total. The third kappa shape index (κ3) is 2.76. The lowest BCUT2D eigenvalue weighted by atomic mass is 9.73. The van der Waals surface area contributed by atoms with Crippen molar-refractivity contribution < 1.29 is 19.4 Å². The molecule has 0 aromatic carbocycles. The zero-order chi connectivity index (χ0) is 14.0. The van der Waals surface area contributed by atoms with E-state index in [4.69, 9.17) is 4.74 Å². The molecule has 4 unspecified atom stereocenters. The van der Waals surface area contributed by atoms with Gasteiger partial charge in [-0.15, -0.1) is 0 Å². The highest BCUT2D eigenvalue weighted by Gasteiger charge is 2.47. The Hall–Kier alpha value is -1.10. The number of aliphatic carboxylic acids is 1. The second-order valence-electron chi connectivity index (χ2n) is 5.99. The molecule has 1 heterocycles. The number of amides is 1.